The predicted octanol–water partition coefficient (Wildman–Crippen LogP) is 2.55. The Morgan fingerprint density at radius 1 is 1.09 bits per heavy atom. The van der Waals surface area contributed by atoms with Gasteiger partial charge in [0.15, 0.2) is 0 Å². The first-order chi connectivity index (χ1) is 15.8. The van der Waals surface area contributed by atoms with Crippen LogP contribution in [0.25, 0.3) is 10.9 Å². The molecule has 0 aliphatic carbocycles. The number of fused-ring (bicyclic) bond motifs is 1. The first-order valence-electron chi connectivity index (χ1n) is 11.9. The number of likely N-dealkylation sites (tertiary alicyclic amines) is 1. The molecule has 0 saturated carbocycles. The number of rotatable bonds is 6. The summed E-state index contributed by atoms with van der Waals surface area (Å²) >= 11 is 0. The molecular weight excluding hydrogens is 440 g/mol. The molecule has 1 aromatic carbocycles. The minimum absolute atomic E-state index is 0.146. The summed E-state index contributed by atoms with van der Waals surface area (Å²) in [6, 6.07) is 6.34. The molecule has 33 heavy (non-hydrogen) atoms. The second-order valence-corrected chi connectivity index (χ2v) is 11.4. The summed E-state index contributed by atoms with van der Waals surface area (Å²) < 4.78 is 27.9. The molecule has 3 heterocycles. The third-order valence-electron chi connectivity index (χ3n) is 7.06. The molecular formula is C24H34N4O4S. The molecule has 0 bridgehead atoms. The van der Waals surface area contributed by atoms with Gasteiger partial charge in [0.25, 0.3) is 5.91 Å². The lowest BCUT2D eigenvalue weighted by Gasteiger charge is -2.33. The molecule has 180 valence electrons. The maximum atomic E-state index is 13.2. The number of aromatic nitrogens is 1. The van der Waals surface area contributed by atoms with E-state index in [1.54, 1.807) is 6.07 Å². The van der Waals surface area contributed by atoms with Crippen LogP contribution in [0.4, 0.5) is 0 Å². The molecule has 0 spiro atoms. The molecule has 0 radical (unpaired) electrons. The van der Waals surface area contributed by atoms with E-state index in [1.165, 1.54) is 41.8 Å². The second-order valence-electron chi connectivity index (χ2n) is 9.48. The number of benzene rings is 1. The molecule has 0 unspecified atom stereocenters. The van der Waals surface area contributed by atoms with Crippen molar-refractivity contribution in [1.82, 2.24) is 19.5 Å². The van der Waals surface area contributed by atoms with Crippen LogP contribution >= 0.6 is 0 Å². The molecule has 1 atom stereocenters. The van der Waals surface area contributed by atoms with Gasteiger partial charge in [0, 0.05) is 49.2 Å². The maximum absolute atomic E-state index is 13.2. The van der Waals surface area contributed by atoms with E-state index in [-0.39, 0.29) is 16.4 Å². The van der Waals surface area contributed by atoms with Crippen molar-refractivity contribution < 1.29 is 13.2 Å². The number of piperidine rings is 2. The molecule has 2 saturated heterocycles. The van der Waals surface area contributed by atoms with Gasteiger partial charge >= 0.3 is 0 Å². The van der Waals surface area contributed by atoms with Crippen LogP contribution in [0.2, 0.25) is 0 Å². The third-order valence-corrected chi connectivity index (χ3v) is 8.96. The Morgan fingerprint density at radius 3 is 2.58 bits per heavy atom. The van der Waals surface area contributed by atoms with Crippen molar-refractivity contribution in [1.29, 1.82) is 0 Å². The zero-order valence-corrected chi connectivity index (χ0v) is 20.3. The van der Waals surface area contributed by atoms with E-state index < -0.39 is 15.6 Å². The Balaban J connectivity index is 1.56. The van der Waals surface area contributed by atoms with Gasteiger partial charge in [-0.05, 0) is 63.3 Å². The van der Waals surface area contributed by atoms with Crippen molar-refractivity contribution in [2.75, 3.05) is 32.7 Å². The number of nitrogens with zero attached hydrogens (tertiary/aromatic N) is 2. The average molecular weight is 475 g/mol. The molecule has 2 aliphatic heterocycles. The number of nitrogens with one attached hydrogen (secondary N) is 2. The van der Waals surface area contributed by atoms with Crippen molar-refractivity contribution in [3.05, 3.63) is 40.2 Å². The van der Waals surface area contributed by atoms with E-state index >= 15 is 0 Å². The van der Waals surface area contributed by atoms with Crippen LogP contribution in [-0.2, 0) is 10.0 Å². The quantitative estimate of drug-likeness (QED) is 0.670. The van der Waals surface area contributed by atoms with Crippen molar-refractivity contribution >= 4 is 26.8 Å². The lowest BCUT2D eigenvalue weighted by Crippen LogP contribution is -2.42. The number of carbonyl (C=O) groups excluding carboxylic acids is 1. The number of carbonyl (C=O) groups is 1. The van der Waals surface area contributed by atoms with E-state index in [1.807, 2.05) is 0 Å². The highest BCUT2D eigenvalue weighted by Crippen LogP contribution is 2.26. The fraction of sp³-hybridized carbons (Fsp3) is 0.583. The van der Waals surface area contributed by atoms with Crippen LogP contribution in [0.3, 0.4) is 0 Å². The summed E-state index contributed by atoms with van der Waals surface area (Å²) in [5, 5.41) is 3.35. The summed E-state index contributed by atoms with van der Waals surface area (Å²) in [5.74, 6) is 0.151. The average Bonchev–Trinajstić information content (AvgIpc) is 2.79. The van der Waals surface area contributed by atoms with Gasteiger partial charge in [0.2, 0.25) is 15.6 Å². The van der Waals surface area contributed by atoms with Gasteiger partial charge in [0.1, 0.15) is 0 Å². The highest BCUT2D eigenvalue weighted by atomic mass is 32.2. The second kappa shape index (κ2) is 9.95. The van der Waals surface area contributed by atoms with Gasteiger partial charge in [-0.25, -0.2) is 8.42 Å². The molecule has 8 nitrogen and oxygen atoms in total. The van der Waals surface area contributed by atoms with Crippen LogP contribution in [0, 0.1) is 5.92 Å². The molecule has 2 N–H and O–H groups in total. The Labute approximate surface area is 195 Å². The van der Waals surface area contributed by atoms with Crippen LogP contribution in [0.1, 0.15) is 56.3 Å². The maximum Gasteiger partial charge on any atom is 0.252 e. The molecule has 2 aliphatic rings. The van der Waals surface area contributed by atoms with Crippen molar-refractivity contribution in [3.63, 3.8) is 0 Å². The first kappa shape index (κ1) is 23.9. The summed E-state index contributed by atoms with van der Waals surface area (Å²) in [6.07, 6.45) is 5.25. The van der Waals surface area contributed by atoms with Gasteiger partial charge < -0.3 is 10.3 Å². The van der Waals surface area contributed by atoms with E-state index in [0.717, 1.165) is 25.9 Å². The van der Waals surface area contributed by atoms with E-state index in [0.29, 0.717) is 42.5 Å². The van der Waals surface area contributed by atoms with E-state index in [9.17, 15) is 18.0 Å². The smallest absolute Gasteiger partial charge is 0.252 e. The molecule has 1 aromatic heterocycles. The minimum atomic E-state index is -3.66. The van der Waals surface area contributed by atoms with Crippen molar-refractivity contribution in [2.24, 2.45) is 5.92 Å². The summed E-state index contributed by atoms with van der Waals surface area (Å²) in [7, 11) is -3.66. The Hall–Kier alpha value is -2.23. The number of amides is 1. The zero-order chi connectivity index (χ0) is 23.6. The number of aromatic amines is 1. The summed E-state index contributed by atoms with van der Waals surface area (Å²) in [5.41, 5.74) is 0.256. The molecule has 9 heteroatoms. The summed E-state index contributed by atoms with van der Waals surface area (Å²) in [4.78, 5) is 30.4. The van der Waals surface area contributed by atoms with Gasteiger partial charge in [-0.15, -0.1) is 0 Å². The molecule has 1 amide bonds. The lowest BCUT2D eigenvalue weighted by atomic mass is 10.0. The van der Waals surface area contributed by atoms with Crippen LogP contribution in [-0.4, -0.2) is 67.3 Å². The normalized spacial score (nSPS) is 21.3. The fourth-order valence-corrected chi connectivity index (χ4v) is 6.35. The number of hydrogen-bond acceptors (Lipinski definition) is 5. The molecule has 4 rings (SSSR count). The molecule has 2 aromatic rings. The topological polar surface area (TPSA) is 103 Å². The minimum Gasteiger partial charge on any atom is -0.351 e. The highest BCUT2D eigenvalue weighted by Gasteiger charge is 2.28. The van der Waals surface area contributed by atoms with Gasteiger partial charge in [0.05, 0.1) is 10.5 Å². The van der Waals surface area contributed by atoms with E-state index in [4.69, 9.17) is 0 Å². The van der Waals surface area contributed by atoms with Crippen molar-refractivity contribution in [3.8, 4) is 0 Å². The van der Waals surface area contributed by atoms with Crippen molar-refractivity contribution in [2.45, 2.75) is 56.9 Å². The van der Waals surface area contributed by atoms with Gasteiger partial charge in [-0.3, -0.25) is 14.5 Å². The van der Waals surface area contributed by atoms with E-state index in [2.05, 4.69) is 29.0 Å². The van der Waals surface area contributed by atoms with Gasteiger partial charge in [-0.2, -0.15) is 4.31 Å². The lowest BCUT2D eigenvalue weighted by molar-refractivity contribution is 0.0940. The van der Waals surface area contributed by atoms with Crippen LogP contribution < -0.4 is 10.9 Å². The van der Waals surface area contributed by atoms with Crippen LogP contribution in [0.15, 0.2) is 34.0 Å². The van der Waals surface area contributed by atoms with Gasteiger partial charge in [-0.1, -0.05) is 13.3 Å². The fourth-order valence-electron chi connectivity index (χ4n) is 4.85. The van der Waals surface area contributed by atoms with Crippen LogP contribution in [0.5, 0.6) is 0 Å². The SMILES string of the molecule is CC1CCN(S(=O)(=O)c2ccc3[nH]c(=O)cc(C(=O)NCCN4CCCC[C@@H]4C)c3c2)CC1. The highest BCUT2D eigenvalue weighted by molar-refractivity contribution is 7.89. The predicted molar refractivity (Wildman–Crippen MR) is 129 cm³/mol. The third kappa shape index (κ3) is 5.31. The first-order valence-corrected chi connectivity index (χ1v) is 13.4. The number of sulfonamides is 1. The zero-order valence-electron chi connectivity index (χ0n) is 19.5. The number of pyridine rings is 1. The number of H-pyrrole nitrogens is 1. The largest absolute Gasteiger partial charge is 0.351 e. The summed E-state index contributed by atoms with van der Waals surface area (Å²) in [6.45, 7) is 7.58. The monoisotopic (exact) mass is 474 g/mol. The Kier molecular flexibility index (Phi) is 7.21. The molecule has 2 fully saturated rings. The Morgan fingerprint density at radius 2 is 1.85 bits per heavy atom. The number of hydrogen-bond donors (Lipinski definition) is 2. The standard InChI is InChI=1S/C24H34N4O4S/c1-17-8-12-28(13-9-17)33(31,32)19-6-7-22-20(15-19)21(16-23(29)26-22)24(30)25-10-14-27-11-4-3-5-18(27)2/h6-7,15-18H,3-5,8-14H2,1-2H3,(H,25,30)(H,26,29)/t18-/m0/s1. The Bertz CT molecular complexity index is 1170.